The molecule has 0 radical (unpaired) electrons. The number of likely N-dealkylation sites (N-methyl/N-ethyl adjacent to an activating group) is 1. The van der Waals surface area contributed by atoms with Crippen LogP contribution in [0.25, 0.3) is 0 Å². The Morgan fingerprint density at radius 2 is 1.78 bits per heavy atom. The maximum atomic E-state index is 3.69. The van der Waals surface area contributed by atoms with Crippen LogP contribution in [0.1, 0.15) is 52.0 Å². The molecule has 0 saturated heterocycles. The van der Waals surface area contributed by atoms with Gasteiger partial charge in [0.25, 0.3) is 0 Å². The van der Waals surface area contributed by atoms with Crippen molar-refractivity contribution in [1.29, 1.82) is 0 Å². The molecule has 0 bridgehead atoms. The first-order valence-electron chi connectivity index (χ1n) is 7.59. The van der Waals surface area contributed by atoms with Gasteiger partial charge in [0.15, 0.2) is 0 Å². The van der Waals surface area contributed by atoms with E-state index in [1.165, 1.54) is 31.2 Å². The number of unbranched alkanes of at least 4 members (excludes halogenated alkanes) is 1. The van der Waals surface area contributed by atoms with E-state index in [1.54, 1.807) is 0 Å². The number of rotatable bonds is 9. The molecule has 0 saturated carbocycles. The van der Waals surface area contributed by atoms with Crippen molar-refractivity contribution in [2.24, 2.45) is 5.92 Å². The molecule has 1 aromatic carbocycles. The molecule has 1 heteroatoms. The maximum Gasteiger partial charge on any atom is 0.0135 e. The number of hydrogen-bond donors (Lipinski definition) is 1. The summed E-state index contributed by atoms with van der Waals surface area (Å²) in [6.07, 6.45) is 6.47. The van der Waals surface area contributed by atoms with Crippen molar-refractivity contribution < 1.29 is 0 Å². The fraction of sp³-hybridized carbons (Fsp3) is 0.647. The minimum absolute atomic E-state index is 0.633. The average Bonchev–Trinajstić information content (AvgIpc) is 2.41. The van der Waals surface area contributed by atoms with Gasteiger partial charge in [-0.05, 0) is 30.9 Å². The molecule has 1 rings (SSSR count). The van der Waals surface area contributed by atoms with Gasteiger partial charge in [0.2, 0.25) is 0 Å². The topological polar surface area (TPSA) is 12.0 Å². The summed E-state index contributed by atoms with van der Waals surface area (Å²) < 4.78 is 0. The third kappa shape index (κ3) is 5.22. The van der Waals surface area contributed by atoms with Crippen LogP contribution in [-0.4, -0.2) is 12.6 Å². The summed E-state index contributed by atoms with van der Waals surface area (Å²) in [4.78, 5) is 0. The Morgan fingerprint density at radius 1 is 1.06 bits per heavy atom. The van der Waals surface area contributed by atoms with Crippen LogP contribution in [-0.2, 0) is 6.42 Å². The van der Waals surface area contributed by atoms with Crippen molar-refractivity contribution in [2.45, 2.75) is 58.9 Å². The van der Waals surface area contributed by atoms with Crippen LogP contribution < -0.4 is 5.32 Å². The third-order valence-corrected chi connectivity index (χ3v) is 3.79. The molecule has 0 spiro atoms. The van der Waals surface area contributed by atoms with Crippen molar-refractivity contribution in [3.63, 3.8) is 0 Å². The quantitative estimate of drug-likeness (QED) is 0.681. The van der Waals surface area contributed by atoms with Gasteiger partial charge in [-0.1, -0.05) is 70.4 Å². The fourth-order valence-corrected chi connectivity index (χ4v) is 2.69. The van der Waals surface area contributed by atoms with Crippen molar-refractivity contribution in [3.05, 3.63) is 35.9 Å². The summed E-state index contributed by atoms with van der Waals surface area (Å²) in [5.74, 6) is 0.810. The van der Waals surface area contributed by atoms with Gasteiger partial charge in [-0.3, -0.25) is 0 Å². The van der Waals surface area contributed by atoms with E-state index < -0.39 is 0 Å². The second-order valence-electron chi connectivity index (χ2n) is 5.16. The van der Waals surface area contributed by atoms with E-state index in [0.29, 0.717) is 6.04 Å². The summed E-state index contributed by atoms with van der Waals surface area (Å²) in [5, 5.41) is 3.69. The standard InChI is InChI=1S/C17H29N/c1-4-7-13-16(5-2)17(18-6-3)14-15-11-9-8-10-12-15/h8-12,16-18H,4-7,13-14H2,1-3H3. The Kier molecular flexibility index (Phi) is 7.75. The normalized spacial score (nSPS) is 14.4. The molecule has 0 heterocycles. The summed E-state index contributed by atoms with van der Waals surface area (Å²) in [6, 6.07) is 11.5. The lowest BCUT2D eigenvalue weighted by atomic mass is 9.87. The lowest BCUT2D eigenvalue weighted by Gasteiger charge is -2.27. The highest BCUT2D eigenvalue weighted by atomic mass is 14.9. The molecular formula is C17H29N. The minimum atomic E-state index is 0.633. The second kappa shape index (κ2) is 9.16. The van der Waals surface area contributed by atoms with Gasteiger partial charge in [-0.25, -0.2) is 0 Å². The zero-order chi connectivity index (χ0) is 13.2. The van der Waals surface area contributed by atoms with Crippen molar-refractivity contribution in [2.75, 3.05) is 6.54 Å². The van der Waals surface area contributed by atoms with E-state index >= 15 is 0 Å². The number of hydrogen-bond acceptors (Lipinski definition) is 1. The predicted molar refractivity (Wildman–Crippen MR) is 80.9 cm³/mol. The highest BCUT2D eigenvalue weighted by Crippen LogP contribution is 2.20. The zero-order valence-electron chi connectivity index (χ0n) is 12.3. The molecule has 102 valence electrons. The smallest absolute Gasteiger partial charge is 0.0135 e. The summed E-state index contributed by atoms with van der Waals surface area (Å²) in [6.45, 7) is 7.90. The van der Waals surface area contributed by atoms with Crippen LogP contribution in [0.3, 0.4) is 0 Å². The molecule has 0 aromatic heterocycles. The Labute approximate surface area is 113 Å². The van der Waals surface area contributed by atoms with Crippen LogP contribution in [0.4, 0.5) is 0 Å². The van der Waals surface area contributed by atoms with E-state index in [4.69, 9.17) is 0 Å². The summed E-state index contributed by atoms with van der Waals surface area (Å²) in [5.41, 5.74) is 1.46. The first kappa shape index (κ1) is 15.2. The first-order chi connectivity index (χ1) is 8.81. The molecule has 2 unspecified atom stereocenters. The van der Waals surface area contributed by atoms with Crippen LogP contribution >= 0.6 is 0 Å². The lowest BCUT2D eigenvalue weighted by molar-refractivity contribution is 0.319. The van der Waals surface area contributed by atoms with Crippen molar-refractivity contribution in [1.82, 2.24) is 5.32 Å². The highest BCUT2D eigenvalue weighted by molar-refractivity contribution is 5.16. The average molecular weight is 247 g/mol. The van der Waals surface area contributed by atoms with Gasteiger partial charge in [0, 0.05) is 6.04 Å². The van der Waals surface area contributed by atoms with Crippen molar-refractivity contribution >= 4 is 0 Å². The fourth-order valence-electron chi connectivity index (χ4n) is 2.69. The van der Waals surface area contributed by atoms with Crippen LogP contribution in [0.15, 0.2) is 30.3 Å². The molecule has 18 heavy (non-hydrogen) atoms. The first-order valence-corrected chi connectivity index (χ1v) is 7.59. The van der Waals surface area contributed by atoms with Crippen LogP contribution in [0.5, 0.6) is 0 Å². The van der Waals surface area contributed by atoms with E-state index in [9.17, 15) is 0 Å². The van der Waals surface area contributed by atoms with Crippen LogP contribution in [0, 0.1) is 5.92 Å². The third-order valence-electron chi connectivity index (χ3n) is 3.79. The molecule has 0 aliphatic heterocycles. The van der Waals surface area contributed by atoms with Gasteiger partial charge in [-0.2, -0.15) is 0 Å². The van der Waals surface area contributed by atoms with Gasteiger partial charge >= 0.3 is 0 Å². The van der Waals surface area contributed by atoms with E-state index in [2.05, 4.69) is 56.4 Å². The maximum absolute atomic E-state index is 3.69. The van der Waals surface area contributed by atoms with E-state index in [0.717, 1.165) is 18.9 Å². The minimum Gasteiger partial charge on any atom is -0.314 e. The van der Waals surface area contributed by atoms with Gasteiger partial charge in [0.05, 0.1) is 0 Å². The Bertz CT molecular complexity index is 294. The van der Waals surface area contributed by atoms with Gasteiger partial charge in [-0.15, -0.1) is 0 Å². The summed E-state index contributed by atoms with van der Waals surface area (Å²) in [7, 11) is 0. The number of nitrogens with one attached hydrogen (secondary N) is 1. The van der Waals surface area contributed by atoms with E-state index in [-0.39, 0.29) is 0 Å². The predicted octanol–water partition coefficient (Wildman–Crippen LogP) is 4.42. The zero-order valence-corrected chi connectivity index (χ0v) is 12.3. The molecule has 0 aliphatic carbocycles. The van der Waals surface area contributed by atoms with Crippen LogP contribution in [0.2, 0.25) is 0 Å². The van der Waals surface area contributed by atoms with Gasteiger partial charge < -0.3 is 5.32 Å². The van der Waals surface area contributed by atoms with Gasteiger partial charge in [0.1, 0.15) is 0 Å². The lowest BCUT2D eigenvalue weighted by Crippen LogP contribution is -2.37. The van der Waals surface area contributed by atoms with Crippen molar-refractivity contribution in [3.8, 4) is 0 Å². The van der Waals surface area contributed by atoms with E-state index in [1.807, 2.05) is 0 Å². The number of benzene rings is 1. The Hall–Kier alpha value is -0.820. The Morgan fingerprint density at radius 3 is 2.33 bits per heavy atom. The highest BCUT2D eigenvalue weighted by Gasteiger charge is 2.18. The molecule has 1 aromatic rings. The molecular weight excluding hydrogens is 218 g/mol. The largest absolute Gasteiger partial charge is 0.314 e. The second-order valence-corrected chi connectivity index (χ2v) is 5.16. The molecule has 0 fully saturated rings. The molecule has 1 nitrogen and oxygen atoms in total. The molecule has 0 amide bonds. The Balaban J connectivity index is 2.61. The summed E-state index contributed by atoms with van der Waals surface area (Å²) >= 11 is 0. The molecule has 1 N–H and O–H groups in total. The molecule has 0 aliphatic rings. The monoisotopic (exact) mass is 247 g/mol. The molecule has 2 atom stereocenters. The SMILES string of the molecule is CCCCC(CC)C(Cc1ccccc1)NCC.